The van der Waals surface area contributed by atoms with Gasteiger partial charge in [0.2, 0.25) is 0 Å². The molecule has 0 atom stereocenters. The van der Waals surface area contributed by atoms with Crippen LogP contribution in [0.4, 0.5) is 11.4 Å². The molecule has 1 aromatic heterocycles. The van der Waals surface area contributed by atoms with Gasteiger partial charge < -0.3 is 32.1 Å². The maximum atomic E-state index is 12.1. The van der Waals surface area contributed by atoms with Gasteiger partial charge in [-0.05, 0) is 43.7 Å². The number of aromatic nitrogens is 1. The second-order valence-corrected chi connectivity index (χ2v) is 10.8. The smallest absolute Gasteiger partial charge is 0.250 e. The lowest BCUT2D eigenvalue weighted by atomic mass is 10.0. The molecule has 0 radical (unpaired) electrons. The van der Waals surface area contributed by atoms with E-state index in [1.807, 2.05) is 63.6 Å². The SMILES string of the molecule is C=C(c1ccc(-c2cccc(NC(=C/C(N)=NC(=O)C3CC3)/C(N)=C\O)c2NC)cn1)N(C)C/C(=C\CC)S/C=C\C. The molecule has 1 amide bonds. The Bertz CT molecular complexity index is 1420. The average molecular weight is 588 g/mol. The van der Waals surface area contributed by atoms with Crippen molar-refractivity contribution in [2.45, 2.75) is 33.1 Å². The van der Waals surface area contributed by atoms with Gasteiger partial charge in [-0.3, -0.25) is 9.78 Å². The van der Waals surface area contributed by atoms with Gasteiger partial charge in [0.15, 0.2) is 0 Å². The van der Waals surface area contributed by atoms with Gasteiger partial charge >= 0.3 is 0 Å². The van der Waals surface area contributed by atoms with Gasteiger partial charge in [-0.1, -0.05) is 43.9 Å². The molecule has 9 nitrogen and oxygen atoms in total. The first-order valence-electron chi connectivity index (χ1n) is 13.8. The van der Waals surface area contributed by atoms with Crippen molar-refractivity contribution >= 4 is 40.6 Å². The molecule has 222 valence electrons. The first kappa shape index (κ1) is 32.1. The molecule has 1 fully saturated rings. The molecule has 2 aromatic rings. The van der Waals surface area contributed by atoms with Crippen LogP contribution in [0.15, 0.2) is 94.3 Å². The van der Waals surface area contributed by atoms with Crippen LogP contribution in [0.2, 0.25) is 0 Å². The Morgan fingerprint density at radius 2 is 2.05 bits per heavy atom. The minimum Gasteiger partial charge on any atom is -0.513 e. The van der Waals surface area contributed by atoms with Crippen LogP contribution in [0.5, 0.6) is 0 Å². The summed E-state index contributed by atoms with van der Waals surface area (Å²) in [6.07, 6.45) is 10.9. The van der Waals surface area contributed by atoms with Crippen LogP contribution in [0.3, 0.4) is 0 Å². The van der Waals surface area contributed by atoms with E-state index in [2.05, 4.69) is 45.5 Å². The van der Waals surface area contributed by atoms with Crippen molar-refractivity contribution in [2.75, 3.05) is 31.3 Å². The summed E-state index contributed by atoms with van der Waals surface area (Å²) in [6.45, 7) is 9.17. The summed E-state index contributed by atoms with van der Waals surface area (Å²) in [5.74, 6) is -0.298. The number of benzene rings is 1. The van der Waals surface area contributed by atoms with Gasteiger partial charge in [-0.2, -0.15) is 4.99 Å². The molecular weight excluding hydrogens is 546 g/mol. The molecule has 0 bridgehead atoms. The third-order valence-electron chi connectivity index (χ3n) is 6.50. The fourth-order valence-electron chi connectivity index (χ4n) is 4.08. The van der Waals surface area contributed by atoms with Gasteiger partial charge in [0.05, 0.1) is 34.2 Å². The number of allylic oxidation sites excluding steroid dienone is 2. The number of aliphatic hydroxyl groups excluding tert-OH is 1. The number of nitrogens with zero attached hydrogens (tertiary/aromatic N) is 3. The number of hydrogen-bond donors (Lipinski definition) is 5. The number of nitrogens with one attached hydrogen (secondary N) is 2. The summed E-state index contributed by atoms with van der Waals surface area (Å²) < 4.78 is 0. The summed E-state index contributed by atoms with van der Waals surface area (Å²) >= 11 is 1.72. The number of thioether (sulfide) groups is 1. The van der Waals surface area contributed by atoms with E-state index in [1.165, 1.54) is 11.0 Å². The first-order chi connectivity index (χ1) is 20.2. The van der Waals surface area contributed by atoms with Crippen LogP contribution in [0.25, 0.3) is 16.8 Å². The predicted octanol–water partition coefficient (Wildman–Crippen LogP) is 6.20. The fourth-order valence-corrected chi connectivity index (χ4v) is 4.93. The highest BCUT2D eigenvalue weighted by Gasteiger charge is 2.29. The van der Waals surface area contributed by atoms with Crippen molar-refractivity contribution < 1.29 is 9.90 Å². The second-order valence-electron chi connectivity index (χ2n) is 9.80. The van der Waals surface area contributed by atoms with Crippen LogP contribution in [-0.4, -0.2) is 47.4 Å². The van der Waals surface area contributed by atoms with Crippen LogP contribution in [0, 0.1) is 5.92 Å². The molecular formula is C32H41N7O2S. The lowest BCUT2D eigenvalue weighted by Crippen LogP contribution is -2.19. The predicted molar refractivity (Wildman–Crippen MR) is 178 cm³/mol. The second kappa shape index (κ2) is 15.5. The average Bonchev–Trinajstić information content (AvgIpc) is 3.85. The number of anilines is 2. The molecule has 10 heteroatoms. The first-order valence-corrected chi connectivity index (χ1v) is 14.7. The zero-order valence-electron chi connectivity index (χ0n) is 24.7. The lowest BCUT2D eigenvalue weighted by Gasteiger charge is -2.22. The minimum atomic E-state index is -0.247. The number of carbonyl (C=O) groups is 1. The van der Waals surface area contributed by atoms with Crippen LogP contribution < -0.4 is 22.1 Å². The molecule has 0 unspecified atom stereocenters. The molecule has 0 saturated heterocycles. The highest BCUT2D eigenvalue weighted by atomic mass is 32.2. The maximum Gasteiger partial charge on any atom is 0.250 e. The Morgan fingerprint density at radius 1 is 1.29 bits per heavy atom. The van der Waals surface area contributed by atoms with Crippen molar-refractivity contribution in [3.8, 4) is 11.1 Å². The van der Waals surface area contributed by atoms with E-state index in [1.54, 1.807) is 11.8 Å². The lowest BCUT2D eigenvalue weighted by molar-refractivity contribution is -0.118. The van der Waals surface area contributed by atoms with Gasteiger partial charge in [-0.25, -0.2) is 0 Å². The number of carbonyl (C=O) groups excluding carboxylic acids is 1. The zero-order chi connectivity index (χ0) is 30.6. The number of pyridine rings is 1. The largest absolute Gasteiger partial charge is 0.513 e. The molecule has 1 heterocycles. The van der Waals surface area contributed by atoms with Crippen LogP contribution in [-0.2, 0) is 4.79 Å². The number of likely N-dealkylation sites (N-methyl/N-ethyl adjacent to an activating group) is 1. The van der Waals surface area contributed by atoms with E-state index in [9.17, 15) is 9.90 Å². The molecule has 3 rings (SSSR count). The van der Waals surface area contributed by atoms with Gasteiger partial charge in [0.1, 0.15) is 12.1 Å². The van der Waals surface area contributed by atoms with E-state index in [0.717, 1.165) is 60.3 Å². The van der Waals surface area contributed by atoms with Gasteiger partial charge in [0, 0.05) is 54.9 Å². The number of amides is 1. The molecule has 7 N–H and O–H groups in total. The van der Waals surface area contributed by atoms with E-state index < -0.39 is 0 Å². The molecule has 1 saturated carbocycles. The molecule has 0 aliphatic heterocycles. The fraction of sp³-hybridized carbons (Fsp3) is 0.281. The summed E-state index contributed by atoms with van der Waals surface area (Å²) in [5.41, 5.74) is 17.2. The third-order valence-corrected chi connectivity index (χ3v) is 7.51. The highest BCUT2D eigenvalue weighted by molar-refractivity contribution is 8.05. The summed E-state index contributed by atoms with van der Waals surface area (Å²) in [5, 5.41) is 18.1. The highest BCUT2D eigenvalue weighted by Crippen LogP contribution is 2.35. The molecule has 1 aliphatic rings. The van der Waals surface area contributed by atoms with Crippen LogP contribution >= 0.6 is 11.8 Å². The standard InChI is InChI=1S/C32H41N7O2S/c1-6-9-24(42-16-7-2)19-39(5)21(3)27-15-14-23(18-36-27)25-10-8-11-28(31(25)35-4)37-29(26(33)20-40)17-30(34)38-32(41)22-12-13-22/h7-11,14-18,20,22,35,37,40H,3,6,12-13,19,33H2,1-2,4-5H3,(H2,34,38,41)/b16-7-,24-9+,26-20+,29-17+. The monoisotopic (exact) mass is 587 g/mol. The molecule has 42 heavy (non-hydrogen) atoms. The van der Waals surface area contributed by atoms with Crippen molar-refractivity contribution in [2.24, 2.45) is 22.4 Å². The van der Waals surface area contributed by atoms with E-state index in [-0.39, 0.29) is 23.4 Å². The number of aliphatic imine (C=N–C) groups is 1. The number of amidine groups is 1. The minimum absolute atomic E-state index is 0.00377. The summed E-state index contributed by atoms with van der Waals surface area (Å²) in [4.78, 5) is 24.1. The van der Waals surface area contributed by atoms with E-state index >= 15 is 0 Å². The Morgan fingerprint density at radius 3 is 2.64 bits per heavy atom. The normalized spacial score (nSPS) is 14.7. The zero-order valence-corrected chi connectivity index (χ0v) is 25.5. The maximum absolute atomic E-state index is 12.1. The Balaban J connectivity index is 1.85. The topological polar surface area (TPSA) is 142 Å². The number of hydrogen-bond acceptors (Lipinski definition) is 8. The summed E-state index contributed by atoms with van der Waals surface area (Å²) in [6, 6.07) is 9.71. The molecule has 1 aromatic carbocycles. The molecule has 0 spiro atoms. The number of rotatable bonds is 14. The Kier molecular flexibility index (Phi) is 11.9. The quantitative estimate of drug-likeness (QED) is 0.0755. The van der Waals surface area contributed by atoms with Crippen molar-refractivity contribution in [1.29, 1.82) is 0 Å². The van der Waals surface area contributed by atoms with E-state index in [0.29, 0.717) is 11.4 Å². The number of para-hydroxylation sites is 1. The van der Waals surface area contributed by atoms with Crippen molar-refractivity contribution in [3.05, 3.63) is 95.0 Å². The van der Waals surface area contributed by atoms with E-state index in [4.69, 9.17) is 16.5 Å². The Labute approximate surface area is 252 Å². The Hall–Kier alpha value is -4.44. The van der Waals surface area contributed by atoms with Gasteiger partial charge in [0.25, 0.3) is 5.91 Å². The number of nitrogens with two attached hydrogens (primary N) is 2. The van der Waals surface area contributed by atoms with Crippen molar-refractivity contribution in [1.82, 2.24) is 9.88 Å². The van der Waals surface area contributed by atoms with Gasteiger partial charge in [-0.15, -0.1) is 11.8 Å². The number of aliphatic hydroxyl groups is 1. The van der Waals surface area contributed by atoms with Crippen LogP contribution in [0.1, 0.15) is 38.8 Å². The third kappa shape index (κ3) is 8.78. The summed E-state index contributed by atoms with van der Waals surface area (Å²) in [7, 11) is 3.83. The van der Waals surface area contributed by atoms with Crippen molar-refractivity contribution in [3.63, 3.8) is 0 Å². The molecule has 1 aliphatic carbocycles.